The number of nitrogens with one attached hydrogen (secondary N) is 1. The van der Waals surface area contributed by atoms with E-state index in [0.29, 0.717) is 23.9 Å². The number of anilines is 1. The standard InChI is InChI=1S/C15H16ClN3O2/c16-12-5-3-11(4-6-12)9-19-10-13(8-17-19)18-15(20)14-2-1-7-21-14/h3-6,8,10,14H,1-2,7,9H2,(H,18,20). The zero-order valence-electron chi connectivity index (χ0n) is 11.5. The van der Waals surface area contributed by atoms with E-state index in [1.165, 1.54) is 0 Å². The van der Waals surface area contributed by atoms with Gasteiger partial charge in [0.25, 0.3) is 5.91 Å². The van der Waals surface area contributed by atoms with E-state index in [0.717, 1.165) is 18.4 Å². The van der Waals surface area contributed by atoms with Gasteiger partial charge in [-0.1, -0.05) is 23.7 Å². The van der Waals surface area contributed by atoms with Gasteiger partial charge in [0, 0.05) is 17.8 Å². The van der Waals surface area contributed by atoms with Crippen molar-refractivity contribution >= 4 is 23.2 Å². The van der Waals surface area contributed by atoms with Crippen LogP contribution in [0.1, 0.15) is 18.4 Å². The Morgan fingerprint density at radius 1 is 1.43 bits per heavy atom. The van der Waals surface area contributed by atoms with Crippen LogP contribution in [0.3, 0.4) is 0 Å². The topological polar surface area (TPSA) is 56.2 Å². The second kappa shape index (κ2) is 6.28. The fourth-order valence-corrected chi connectivity index (χ4v) is 2.42. The molecule has 3 rings (SSSR count). The summed E-state index contributed by atoms with van der Waals surface area (Å²) in [5.74, 6) is -0.0986. The minimum absolute atomic E-state index is 0.0986. The third-order valence-electron chi connectivity index (χ3n) is 3.38. The molecular formula is C15H16ClN3O2. The molecule has 1 aliphatic heterocycles. The lowest BCUT2D eigenvalue weighted by Gasteiger charge is -2.08. The number of ether oxygens (including phenoxy) is 1. The summed E-state index contributed by atoms with van der Waals surface area (Å²) >= 11 is 5.86. The maximum absolute atomic E-state index is 11.9. The molecule has 1 aliphatic rings. The van der Waals surface area contributed by atoms with Gasteiger partial charge in [-0.25, -0.2) is 0 Å². The van der Waals surface area contributed by atoms with Gasteiger partial charge in [-0.05, 0) is 30.5 Å². The van der Waals surface area contributed by atoms with Gasteiger partial charge in [0.15, 0.2) is 0 Å². The molecule has 1 N–H and O–H groups in total. The minimum atomic E-state index is -0.329. The first kappa shape index (κ1) is 14.1. The number of rotatable bonds is 4. The van der Waals surface area contributed by atoms with E-state index >= 15 is 0 Å². The van der Waals surface area contributed by atoms with Gasteiger partial charge in [0.05, 0.1) is 18.4 Å². The van der Waals surface area contributed by atoms with Crippen LogP contribution in [0.15, 0.2) is 36.7 Å². The predicted octanol–water partition coefficient (Wildman–Crippen LogP) is 2.70. The SMILES string of the molecule is O=C(Nc1cnn(Cc2ccc(Cl)cc2)c1)C1CCCO1. The van der Waals surface area contributed by atoms with Crippen molar-refractivity contribution in [3.05, 3.63) is 47.2 Å². The molecular weight excluding hydrogens is 290 g/mol. The number of nitrogens with zero attached hydrogens (tertiary/aromatic N) is 2. The fourth-order valence-electron chi connectivity index (χ4n) is 2.30. The lowest BCUT2D eigenvalue weighted by molar-refractivity contribution is -0.124. The van der Waals surface area contributed by atoms with Crippen LogP contribution in [0.5, 0.6) is 0 Å². The molecule has 1 fully saturated rings. The van der Waals surface area contributed by atoms with E-state index in [2.05, 4.69) is 10.4 Å². The Morgan fingerprint density at radius 2 is 2.24 bits per heavy atom. The molecule has 0 bridgehead atoms. The van der Waals surface area contributed by atoms with Gasteiger partial charge in [0.1, 0.15) is 6.10 Å². The highest BCUT2D eigenvalue weighted by molar-refractivity contribution is 6.30. The summed E-state index contributed by atoms with van der Waals surface area (Å²) in [6.45, 7) is 1.29. The average Bonchev–Trinajstić information content (AvgIpc) is 3.13. The van der Waals surface area contributed by atoms with Crippen LogP contribution in [0.4, 0.5) is 5.69 Å². The second-order valence-electron chi connectivity index (χ2n) is 5.04. The smallest absolute Gasteiger partial charge is 0.253 e. The zero-order chi connectivity index (χ0) is 14.7. The van der Waals surface area contributed by atoms with Crippen LogP contribution in [-0.2, 0) is 16.1 Å². The number of halogens is 1. The Balaban J connectivity index is 1.60. The molecule has 0 aliphatic carbocycles. The molecule has 2 heterocycles. The van der Waals surface area contributed by atoms with Gasteiger partial charge in [-0.15, -0.1) is 0 Å². The Labute approximate surface area is 127 Å². The molecule has 5 nitrogen and oxygen atoms in total. The van der Waals surface area contributed by atoms with Crippen LogP contribution in [0.25, 0.3) is 0 Å². The molecule has 0 saturated carbocycles. The molecule has 2 aromatic rings. The number of hydrogen-bond donors (Lipinski definition) is 1. The molecule has 0 radical (unpaired) electrons. The maximum atomic E-state index is 11.9. The summed E-state index contributed by atoms with van der Waals surface area (Å²) in [6, 6.07) is 7.60. The van der Waals surface area contributed by atoms with Crippen LogP contribution < -0.4 is 5.32 Å². The third-order valence-corrected chi connectivity index (χ3v) is 3.63. The first-order valence-corrected chi connectivity index (χ1v) is 7.28. The first-order chi connectivity index (χ1) is 10.2. The van der Waals surface area contributed by atoms with Crippen LogP contribution in [0, 0.1) is 0 Å². The molecule has 1 saturated heterocycles. The zero-order valence-corrected chi connectivity index (χ0v) is 12.2. The maximum Gasteiger partial charge on any atom is 0.253 e. The lowest BCUT2D eigenvalue weighted by Crippen LogP contribution is -2.26. The number of amides is 1. The Bertz CT molecular complexity index is 618. The van der Waals surface area contributed by atoms with Crippen LogP contribution in [-0.4, -0.2) is 28.4 Å². The number of carbonyl (C=O) groups excluding carboxylic acids is 1. The van der Waals surface area contributed by atoms with Gasteiger partial charge in [0.2, 0.25) is 0 Å². The number of carbonyl (C=O) groups is 1. The summed E-state index contributed by atoms with van der Waals surface area (Å²) in [6.07, 6.45) is 4.84. The van der Waals surface area contributed by atoms with Crippen LogP contribution >= 0.6 is 11.6 Å². The van der Waals surface area contributed by atoms with E-state index in [1.54, 1.807) is 10.9 Å². The van der Waals surface area contributed by atoms with E-state index < -0.39 is 0 Å². The van der Waals surface area contributed by atoms with Crippen molar-refractivity contribution in [2.75, 3.05) is 11.9 Å². The molecule has 1 aromatic heterocycles. The van der Waals surface area contributed by atoms with Gasteiger partial charge in [-0.3, -0.25) is 9.48 Å². The molecule has 1 aromatic carbocycles. The molecule has 1 atom stereocenters. The Hall–Kier alpha value is -1.85. The van der Waals surface area contributed by atoms with Crippen molar-refractivity contribution < 1.29 is 9.53 Å². The van der Waals surface area contributed by atoms with Crippen molar-refractivity contribution in [3.8, 4) is 0 Å². The second-order valence-corrected chi connectivity index (χ2v) is 5.48. The number of aromatic nitrogens is 2. The molecule has 1 unspecified atom stereocenters. The van der Waals surface area contributed by atoms with Crippen molar-refractivity contribution in [1.82, 2.24) is 9.78 Å². The normalized spacial score (nSPS) is 17.9. The highest BCUT2D eigenvalue weighted by Gasteiger charge is 2.23. The molecule has 0 spiro atoms. The summed E-state index contributed by atoms with van der Waals surface area (Å²) in [4.78, 5) is 11.9. The number of benzene rings is 1. The monoisotopic (exact) mass is 305 g/mol. The van der Waals surface area contributed by atoms with Crippen molar-refractivity contribution in [3.63, 3.8) is 0 Å². The van der Waals surface area contributed by atoms with Crippen molar-refractivity contribution in [1.29, 1.82) is 0 Å². The first-order valence-electron chi connectivity index (χ1n) is 6.90. The van der Waals surface area contributed by atoms with E-state index in [4.69, 9.17) is 16.3 Å². The third kappa shape index (κ3) is 3.62. The summed E-state index contributed by atoms with van der Waals surface area (Å²) in [5.41, 5.74) is 1.78. The predicted molar refractivity (Wildman–Crippen MR) is 80.4 cm³/mol. The summed E-state index contributed by atoms with van der Waals surface area (Å²) < 4.78 is 7.12. The molecule has 1 amide bonds. The minimum Gasteiger partial charge on any atom is -0.368 e. The fraction of sp³-hybridized carbons (Fsp3) is 0.333. The quantitative estimate of drug-likeness (QED) is 0.945. The van der Waals surface area contributed by atoms with Crippen molar-refractivity contribution in [2.45, 2.75) is 25.5 Å². The average molecular weight is 306 g/mol. The van der Waals surface area contributed by atoms with Gasteiger partial charge < -0.3 is 10.1 Å². The Kier molecular flexibility index (Phi) is 4.22. The van der Waals surface area contributed by atoms with E-state index in [1.807, 2.05) is 30.5 Å². The van der Waals surface area contributed by atoms with Gasteiger partial charge in [-0.2, -0.15) is 5.10 Å². The highest BCUT2D eigenvalue weighted by atomic mass is 35.5. The van der Waals surface area contributed by atoms with Crippen LogP contribution in [0.2, 0.25) is 5.02 Å². The Morgan fingerprint density at radius 3 is 2.95 bits per heavy atom. The van der Waals surface area contributed by atoms with E-state index in [-0.39, 0.29) is 12.0 Å². The highest BCUT2D eigenvalue weighted by Crippen LogP contribution is 2.15. The van der Waals surface area contributed by atoms with Gasteiger partial charge >= 0.3 is 0 Å². The van der Waals surface area contributed by atoms with E-state index in [9.17, 15) is 4.79 Å². The largest absolute Gasteiger partial charge is 0.368 e. The number of hydrogen-bond acceptors (Lipinski definition) is 3. The summed E-state index contributed by atoms with van der Waals surface area (Å²) in [5, 5.41) is 7.78. The molecule has 6 heteroatoms. The lowest BCUT2D eigenvalue weighted by atomic mass is 10.2. The van der Waals surface area contributed by atoms with Crippen molar-refractivity contribution in [2.24, 2.45) is 0 Å². The molecule has 110 valence electrons. The molecule has 21 heavy (non-hydrogen) atoms. The summed E-state index contributed by atoms with van der Waals surface area (Å²) in [7, 11) is 0.